The number of phenolic OH excluding ortho intramolecular Hbond substituents is 1. The van der Waals surface area contributed by atoms with Crippen LogP contribution in [0, 0.1) is 11.3 Å². The third-order valence-electron chi connectivity index (χ3n) is 6.34. The molecule has 4 rings (SSSR count). The summed E-state index contributed by atoms with van der Waals surface area (Å²) >= 11 is 1.62. The molecule has 0 aliphatic heterocycles. The van der Waals surface area contributed by atoms with Crippen molar-refractivity contribution in [2.75, 3.05) is 11.9 Å². The number of nitrogens with zero attached hydrogens (tertiary/aromatic N) is 1. The van der Waals surface area contributed by atoms with Crippen molar-refractivity contribution in [2.24, 2.45) is 16.3 Å². The second-order valence-electron chi connectivity index (χ2n) is 9.73. The number of hydrogen-bond acceptors (Lipinski definition) is 5. The zero-order chi connectivity index (χ0) is 24.3. The summed E-state index contributed by atoms with van der Waals surface area (Å²) in [7, 11) is 0. The lowest BCUT2D eigenvalue weighted by Gasteiger charge is -2.33. The largest absolute Gasteiger partial charge is 0.504 e. The summed E-state index contributed by atoms with van der Waals surface area (Å²) in [4.78, 5) is 19.4. The van der Waals surface area contributed by atoms with Gasteiger partial charge in [-0.25, -0.2) is 4.99 Å². The van der Waals surface area contributed by atoms with Gasteiger partial charge in [0.1, 0.15) is 5.00 Å². The maximum atomic E-state index is 13.4. The maximum Gasteiger partial charge on any atom is 0.259 e. The SMILES string of the molecule is CCOc1cc(C=Nc2sc3c(c2C(=O)Nc2ccccc2)CC[C@@H](C(C)(C)C)C3)ccc1O. The van der Waals surface area contributed by atoms with Gasteiger partial charge >= 0.3 is 0 Å². The normalized spacial score (nSPS) is 15.8. The molecular formula is C28H32N2O3S. The van der Waals surface area contributed by atoms with E-state index in [1.165, 1.54) is 4.88 Å². The molecular weight excluding hydrogens is 444 g/mol. The Morgan fingerprint density at radius 2 is 2.00 bits per heavy atom. The Balaban J connectivity index is 1.69. The standard InChI is InChI=1S/C28H32N2O3S/c1-5-33-23-15-18(11-14-22(23)31)17-29-27-25(26(32)30-20-9-7-6-8-10-20)21-13-12-19(28(2,3)4)16-24(21)34-27/h6-11,14-15,17,19,31H,5,12-13,16H2,1-4H3,(H,30,32)/t19-/m1/s1. The maximum absolute atomic E-state index is 13.4. The zero-order valence-corrected chi connectivity index (χ0v) is 21.0. The molecule has 5 nitrogen and oxygen atoms in total. The van der Waals surface area contributed by atoms with Crippen molar-refractivity contribution in [3.05, 3.63) is 70.1 Å². The first-order valence-electron chi connectivity index (χ1n) is 11.8. The van der Waals surface area contributed by atoms with Crippen LogP contribution in [0.15, 0.2) is 53.5 Å². The highest BCUT2D eigenvalue weighted by Gasteiger charge is 2.33. The molecule has 0 radical (unpaired) electrons. The highest BCUT2D eigenvalue weighted by Crippen LogP contribution is 2.45. The van der Waals surface area contributed by atoms with Crippen molar-refractivity contribution in [2.45, 2.75) is 47.0 Å². The number of nitrogens with one attached hydrogen (secondary N) is 1. The monoisotopic (exact) mass is 476 g/mol. The first-order valence-corrected chi connectivity index (χ1v) is 12.6. The lowest BCUT2D eigenvalue weighted by atomic mass is 9.72. The number of anilines is 1. The summed E-state index contributed by atoms with van der Waals surface area (Å²) in [6, 6.07) is 14.7. The average Bonchev–Trinajstić information content (AvgIpc) is 3.17. The van der Waals surface area contributed by atoms with E-state index < -0.39 is 0 Å². The first-order chi connectivity index (χ1) is 16.3. The van der Waals surface area contributed by atoms with E-state index >= 15 is 0 Å². The molecule has 2 aromatic carbocycles. The summed E-state index contributed by atoms with van der Waals surface area (Å²) in [5, 5.41) is 13.8. The number of aliphatic imine (C=N–C) groups is 1. The summed E-state index contributed by atoms with van der Waals surface area (Å²) in [5.41, 5.74) is 3.60. The number of hydrogen-bond donors (Lipinski definition) is 2. The van der Waals surface area contributed by atoms with Gasteiger partial charge < -0.3 is 15.2 Å². The fourth-order valence-corrected chi connectivity index (χ4v) is 5.63. The zero-order valence-electron chi connectivity index (χ0n) is 20.2. The fraction of sp³-hybridized carbons (Fsp3) is 0.357. The summed E-state index contributed by atoms with van der Waals surface area (Å²) < 4.78 is 5.49. The van der Waals surface area contributed by atoms with Gasteiger partial charge in [0, 0.05) is 16.8 Å². The van der Waals surface area contributed by atoms with Gasteiger partial charge in [-0.15, -0.1) is 11.3 Å². The molecule has 1 amide bonds. The Kier molecular flexibility index (Phi) is 7.08. The second-order valence-corrected chi connectivity index (χ2v) is 10.8. The highest BCUT2D eigenvalue weighted by atomic mass is 32.1. The Morgan fingerprint density at radius 3 is 2.71 bits per heavy atom. The summed E-state index contributed by atoms with van der Waals surface area (Å²) in [5.74, 6) is 0.978. The van der Waals surface area contributed by atoms with Crippen molar-refractivity contribution < 1.29 is 14.6 Å². The van der Waals surface area contributed by atoms with Crippen LogP contribution in [0.2, 0.25) is 0 Å². The molecule has 1 aliphatic rings. The van der Waals surface area contributed by atoms with Gasteiger partial charge in [-0.05, 0) is 79.0 Å². The molecule has 6 heteroatoms. The van der Waals surface area contributed by atoms with Gasteiger partial charge in [-0.3, -0.25) is 4.79 Å². The van der Waals surface area contributed by atoms with E-state index in [1.807, 2.05) is 37.3 Å². The minimum absolute atomic E-state index is 0.0988. The molecule has 0 unspecified atom stereocenters. The Bertz CT molecular complexity index is 1190. The molecule has 1 heterocycles. The van der Waals surface area contributed by atoms with Gasteiger partial charge in [-0.1, -0.05) is 39.0 Å². The van der Waals surface area contributed by atoms with Crippen LogP contribution in [0.1, 0.15) is 60.5 Å². The number of phenols is 1. The van der Waals surface area contributed by atoms with Crippen molar-refractivity contribution in [1.29, 1.82) is 0 Å². The molecule has 3 aromatic rings. The number of carbonyl (C=O) groups is 1. The highest BCUT2D eigenvalue weighted by molar-refractivity contribution is 7.16. The summed E-state index contributed by atoms with van der Waals surface area (Å²) in [6.45, 7) is 9.21. The van der Waals surface area contributed by atoms with Gasteiger partial charge in [0.25, 0.3) is 5.91 Å². The molecule has 1 atom stereocenters. The molecule has 0 saturated heterocycles. The van der Waals surface area contributed by atoms with Crippen molar-refractivity contribution in [1.82, 2.24) is 0 Å². The lowest BCUT2D eigenvalue weighted by Crippen LogP contribution is -2.27. The van der Waals surface area contributed by atoms with E-state index in [4.69, 9.17) is 9.73 Å². The fourth-order valence-electron chi connectivity index (χ4n) is 4.37. The number of benzene rings is 2. The molecule has 1 aliphatic carbocycles. The van der Waals surface area contributed by atoms with Crippen LogP contribution in [-0.2, 0) is 12.8 Å². The van der Waals surface area contributed by atoms with Crippen molar-refractivity contribution in [3.63, 3.8) is 0 Å². The van der Waals surface area contributed by atoms with E-state index in [9.17, 15) is 9.90 Å². The van der Waals surface area contributed by atoms with Crippen molar-refractivity contribution in [3.8, 4) is 11.5 Å². The van der Waals surface area contributed by atoms with E-state index in [-0.39, 0.29) is 17.1 Å². The molecule has 0 spiro atoms. The quantitative estimate of drug-likeness (QED) is 0.376. The van der Waals surface area contributed by atoms with Crippen LogP contribution in [-0.4, -0.2) is 23.8 Å². The van der Waals surface area contributed by atoms with Gasteiger partial charge in [0.15, 0.2) is 11.5 Å². The molecule has 1 aromatic heterocycles. The topological polar surface area (TPSA) is 70.9 Å². The van der Waals surface area contributed by atoms with Gasteiger partial charge in [-0.2, -0.15) is 0 Å². The van der Waals surface area contributed by atoms with Crippen molar-refractivity contribution >= 4 is 34.1 Å². The molecule has 2 N–H and O–H groups in total. The van der Waals surface area contributed by atoms with Crippen LogP contribution in [0.25, 0.3) is 0 Å². The van der Waals surface area contributed by atoms with E-state index in [0.29, 0.717) is 23.8 Å². The predicted molar refractivity (Wildman–Crippen MR) is 140 cm³/mol. The van der Waals surface area contributed by atoms with E-state index in [1.54, 1.807) is 35.8 Å². The number of thiophene rings is 1. The van der Waals surface area contributed by atoms with Gasteiger partial charge in [0.05, 0.1) is 12.2 Å². The van der Waals surface area contributed by atoms with Crippen LogP contribution < -0.4 is 10.1 Å². The molecule has 0 fully saturated rings. The smallest absolute Gasteiger partial charge is 0.259 e. The van der Waals surface area contributed by atoms with E-state index in [0.717, 1.165) is 41.1 Å². The number of carbonyl (C=O) groups excluding carboxylic acids is 1. The van der Waals surface area contributed by atoms with Crippen LogP contribution in [0.3, 0.4) is 0 Å². The summed E-state index contributed by atoms with van der Waals surface area (Å²) in [6.07, 6.45) is 4.66. The van der Waals surface area contributed by atoms with Gasteiger partial charge in [0.2, 0.25) is 0 Å². The predicted octanol–water partition coefficient (Wildman–Crippen LogP) is 7.01. The number of para-hydroxylation sites is 1. The molecule has 34 heavy (non-hydrogen) atoms. The number of amides is 1. The number of ether oxygens (including phenoxy) is 1. The van der Waals surface area contributed by atoms with Crippen LogP contribution in [0.5, 0.6) is 11.5 Å². The average molecular weight is 477 g/mol. The first kappa shape index (κ1) is 24.0. The molecule has 0 bridgehead atoms. The molecule has 0 saturated carbocycles. The Hall–Kier alpha value is -3.12. The number of aromatic hydroxyl groups is 1. The van der Waals surface area contributed by atoms with Crippen LogP contribution >= 0.6 is 11.3 Å². The second kappa shape index (κ2) is 10.0. The Morgan fingerprint density at radius 1 is 1.24 bits per heavy atom. The minimum atomic E-state index is -0.120. The number of rotatable bonds is 6. The lowest BCUT2D eigenvalue weighted by molar-refractivity contribution is 0.102. The van der Waals surface area contributed by atoms with Crippen LogP contribution in [0.4, 0.5) is 10.7 Å². The Labute approximate surface area is 205 Å². The number of fused-ring (bicyclic) bond motifs is 1. The molecule has 178 valence electrons. The third-order valence-corrected chi connectivity index (χ3v) is 7.51. The minimum Gasteiger partial charge on any atom is -0.504 e. The van der Waals surface area contributed by atoms with E-state index in [2.05, 4.69) is 26.1 Å². The third kappa shape index (κ3) is 5.33.